The summed E-state index contributed by atoms with van der Waals surface area (Å²) < 4.78 is 33.5. The zero-order valence-electron chi connectivity index (χ0n) is 38.7. The molecule has 0 amide bonds. The Morgan fingerprint density at radius 2 is 1.00 bits per heavy atom. The molecule has 7 N–H and O–H groups in total. The lowest BCUT2D eigenvalue weighted by Crippen LogP contribution is -2.64. The van der Waals surface area contributed by atoms with E-state index in [1.165, 1.54) is 19.3 Å². The van der Waals surface area contributed by atoms with E-state index < -0.39 is 75.7 Å². The van der Waals surface area contributed by atoms with E-state index in [9.17, 15) is 49.7 Å². The first-order valence-electron chi connectivity index (χ1n) is 23.8. The molecule has 0 aromatic carbocycles. The van der Waals surface area contributed by atoms with E-state index in [0.29, 0.717) is 25.7 Å². The standard InChI is InChI=1S/C49H83O14P/c1-3-5-6-7-8-9-10-11-12-13-14-17-21-24-27-30-33-37-43(52)62-41(39-61-64(58,59)63-49-47(56)45(54)44(53)46(55)48(49)57)38-60-42(51)36-32-29-26-23-20-18-15-16-19-22-25-28-31-35-40(50)34-4-2/h8-9,11-12,15,18-19,22-23,26,28,31,40-41,44-50,53-57H,3-7,10,13-14,16-17,20-21,24-25,27,29-30,32-39H2,1-2H3,(H,58,59)/b9-8-,12-11-,18-15-,22-19-,26-23-,31-28-/t40?,41-,44?,45-,46+,47-,48-,49?/m1/s1. The number of aliphatic hydroxyl groups is 6. The number of esters is 2. The van der Waals surface area contributed by atoms with Crippen LogP contribution in [0.15, 0.2) is 72.9 Å². The summed E-state index contributed by atoms with van der Waals surface area (Å²) in [5, 5.41) is 59.9. The summed E-state index contributed by atoms with van der Waals surface area (Å²) in [6.07, 6.45) is 31.5. The molecule has 1 fully saturated rings. The fourth-order valence-corrected chi connectivity index (χ4v) is 7.71. The molecule has 0 aliphatic heterocycles. The Hall–Kier alpha value is -2.75. The van der Waals surface area contributed by atoms with Gasteiger partial charge in [-0.1, -0.05) is 138 Å². The quantitative estimate of drug-likeness (QED) is 0.0133. The summed E-state index contributed by atoms with van der Waals surface area (Å²) in [5.41, 5.74) is 0. The van der Waals surface area contributed by atoms with Crippen molar-refractivity contribution in [1.82, 2.24) is 0 Å². The molecule has 0 saturated heterocycles. The van der Waals surface area contributed by atoms with Gasteiger partial charge < -0.3 is 45.0 Å². The molecule has 0 heterocycles. The van der Waals surface area contributed by atoms with Crippen molar-refractivity contribution in [3.8, 4) is 0 Å². The maximum absolute atomic E-state index is 12.8. The number of phosphoric ester groups is 1. The Balaban J connectivity index is 2.50. The highest BCUT2D eigenvalue weighted by atomic mass is 31.2. The summed E-state index contributed by atoms with van der Waals surface area (Å²) in [6.45, 7) is 3.02. The number of allylic oxidation sites excluding steroid dienone is 11. The number of unbranched alkanes of at least 4 members (excludes halogenated alkanes) is 11. The van der Waals surface area contributed by atoms with E-state index in [-0.39, 0.29) is 18.9 Å². The van der Waals surface area contributed by atoms with Gasteiger partial charge in [0.05, 0.1) is 12.7 Å². The minimum Gasteiger partial charge on any atom is -0.462 e. The molecular formula is C49H83O14P. The highest BCUT2D eigenvalue weighted by Gasteiger charge is 2.51. The summed E-state index contributed by atoms with van der Waals surface area (Å²) in [7, 11) is -5.15. The van der Waals surface area contributed by atoms with Crippen LogP contribution >= 0.6 is 7.82 Å². The van der Waals surface area contributed by atoms with E-state index in [0.717, 1.165) is 89.9 Å². The number of hydrogen-bond acceptors (Lipinski definition) is 13. The molecule has 0 aromatic rings. The number of rotatable bonds is 38. The third-order valence-corrected chi connectivity index (χ3v) is 11.6. The Bertz CT molecular complexity index is 1410. The van der Waals surface area contributed by atoms with Crippen LogP contribution in [0.3, 0.4) is 0 Å². The highest BCUT2D eigenvalue weighted by Crippen LogP contribution is 2.47. The van der Waals surface area contributed by atoms with Crippen LogP contribution in [0.5, 0.6) is 0 Å². The normalized spacial score (nSPS) is 22.7. The average Bonchev–Trinajstić information content (AvgIpc) is 3.27. The van der Waals surface area contributed by atoms with Gasteiger partial charge in [0.1, 0.15) is 43.2 Å². The van der Waals surface area contributed by atoms with Gasteiger partial charge in [-0.25, -0.2) is 4.57 Å². The number of hydrogen-bond donors (Lipinski definition) is 7. The van der Waals surface area contributed by atoms with E-state index in [1.54, 1.807) is 0 Å². The Labute approximate surface area is 383 Å². The van der Waals surface area contributed by atoms with Crippen molar-refractivity contribution in [2.75, 3.05) is 13.2 Å². The van der Waals surface area contributed by atoms with Crippen molar-refractivity contribution < 1.29 is 68.2 Å². The molecule has 1 aliphatic carbocycles. The SMILES string of the molecule is CCCCC/C=C\C/C=C\CCCCCCCCCC(=O)O[C@H](COC(=O)CCC/C=C\C/C=C\C/C=C\C/C=C\CC(O)CCC)COP(=O)(O)OC1[C@H](O)[C@H](O)C(O)[C@H](O)[C@H]1O. The van der Waals surface area contributed by atoms with Gasteiger partial charge in [0.2, 0.25) is 0 Å². The summed E-state index contributed by atoms with van der Waals surface area (Å²) in [5.74, 6) is -1.20. The van der Waals surface area contributed by atoms with Crippen LogP contribution in [0, 0.1) is 0 Å². The van der Waals surface area contributed by atoms with Crippen molar-refractivity contribution in [3.05, 3.63) is 72.9 Å². The summed E-state index contributed by atoms with van der Waals surface area (Å²) >= 11 is 0. The molecule has 4 unspecified atom stereocenters. The van der Waals surface area contributed by atoms with Gasteiger partial charge in [-0.15, -0.1) is 0 Å². The Morgan fingerprint density at radius 1 is 0.547 bits per heavy atom. The molecule has 9 atom stereocenters. The second-order valence-corrected chi connectivity index (χ2v) is 17.8. The largest absolute Gasteiger partial charge is 0.472 e. The van der Waals surface area contributed by atoms with Gasteiger partial charge in [-0.2, -0.15) is 0 Å². The fourth-order valence-electron chi connectivity index (χ4n) is 6.74. The molecule has 1 rings (SSSR count). The van der Waals surface area contributed by atoms with Crippen molar-refractivity contribution in [2.45, 2.75) is 210 Å². The lowest BCUT2D eigenvalue weighted by Gasteiger charge is -2.41. The van der Waals surface area contributed by atoms with Crippen molar-refractivity contribution >= 4 is 19.8 Å². The minimum absolute atomic E-state index is 0.0651. The molecule has 14 nitrogen and oxygen atoms in total. The molecule has 0 radical (unpaired) electrons. The molecule has 0 aromatic heterocycles. The Kier molecular flexibility index (Phi) is 35.5. The smallest absolute Gasteiger partial charge is 0.462 e. The molecule has 1 saturated carbocycles. The number of ether oxygens (including phenoxy) is 2. The third-order valence-electron chi connectivity index (χ3n) is 10.6. The van der Waals surface area contributed by atoms with Crippen molar-refractivity contribution in [2.24, 2.45) is 0 Å². The summed E-state index contributed by atoms with van der Waals surface area (Å²) in [6, 6.07) is 0. The van der Waals surface area contributed by atoms with E-state index >= 15 is 0 Å². The first kappa shape index (κ1) is 59.3. The zero-order valence-corrected chi connectivity index (χ0v) is 39.6. The average molecular weight is 927 g/mol. The molecule has 15 heteroatoms. The van der Waals surface area contributed by atoms with Crippen LogP contribution in [-0.2, 0) is 32.7 Å². The van der Waals surface area contributed by atoms with Crippen LogP contribution in [-0.4, -0.2) is 110 Å². The predicted molar refractivity (Wildman–Crippen MR) is 250 cm³/mol. The van der Waals surface area contributed by atoms with E-state index in [4.69, 9.17) is 18.5 Å². The second kappa shape index (κ2) is 38.4. The minimum atomic E-state index is -5.15. The Morgan fingerprint density at radius 3 is 1.55 bits per heavy atom. The van der Waals surface area contributed by atoms with Crippen LogP contribution in [0.1, 0.15) is 162 Å². The second-order valence-electron chi connectivity index (χ2n) is 16.4. The fraction of sp³-hybridized carbons (Fsp3) is 0.714. The van der Waals surface area contributed by atoms with Gasteiger partial charge >= 0.3 is 19.8 Å². The maximum Gasteiger partial charge on any atom is 0.472 e. The predicted octanol–water partition coefficient (Wildman–Crippen LogP) is 8.47. The first-order valence-corrected chi connectivity index (χ1v) is 25.3. The monoisotopic (exact) mass is 927 g/mol. The van der Waals surface area contributed by atoms with Crippen LogP contribution in [0.4, 0.5) is 0 Å². The molecule has 1 aliphatic rings. The number of carbonyl (C=O) groups excluding carboxylic acids is 2. The van der Waals surface area contributed by atoms with Crippen molar-refractivity contribution in [1.29, 1.82) is 0 Å². The zero-order chi connectivity index (χ0) is 47.3. The first-order chi connectivity index (χ1) is 30.8. The van der Waals surface area contributed by atoms with Crippen LogP contribution in [0.25, 0.3) is 0 Å². The lowest BCUT2D eigenvalue weighted by molar-refractivity contribution is -0.220. The van der Waals surface area contributed by atoms with Crippen LogP contribution in [0.2, 0.25) is 0 Å². The van der Waals surface area contributed by atoms with Gasteiger partial charge in [-0.3, -0.25) is 18.6 Å². The molecular weight excluding hydrogens is 843 g/mol. The number of carbonyl (C=O) groups is 2. The lowest BCUT2D eigenvalue weighted by atomic mass is 9.85. The molecule has 368 valence electrons. The molecule has 0 bridgehead atoms. The van der Waals surface area contributed by atoms with Gasteiger partial charge in [-0.05, 0) is 83.5 Å². The number of aliphatic hydroxyl groups excluding tert-OH is 6. The number of phosphoric acid groups is 1. The van der Waals surface area contributed by atoms with Crippen molar-refractivity contribution in [3.63, 3.8) is 0 Å². The van der Waals surface area contributed by atoms with Gasteiger partial charge in [0.15, 0.2) is 6.10 Å². The van der Waals surface area contributed by atoms with Gasteiger partial charge in [0.25, 0.3) is 0 Å². The van der Waals surface area contributed by atoms with E-state index in [1.807, 2.05) is 18.2 Å². The summed E-state index contributed by atoms with van der Waals surface area (Å²) in [4.78, 5) is 35.7. The maximum atomic E-state index is 12.8. The molecule has 64 heavy (non-hydrogen) atoms. The third kappa shape index (κ3) is 30.5. The van der Waals surface area contributed by atoms with Crippen LogP contribution < -0.4 is 0 Å². The van der Waals surface area contributed by atoms with E-state index in [2.05, 4.69) is 68.5 Å². The topological polar surface area (TPSA) is 230 Å². The van der Waals surface area contributed by atoms with Gasteiger partial charge in [0, 0.05) is 12.8 Å². The highest BCUT2D eigenvalue weighted by molar-refractivity contribution is 7.47. The molecule has 0 spiro atoms.